The largest absolute Gasteiger partial charge is 0.479 e. The number of carbonyl (C=O) groups is 2. The van der Waals surface area contributed by atoms with Gasteiger partial charge in [-0.3, -0.25) is 4.98 Å². The minimum absolute atomic E-state index is 0.316. The lowest BCUT2D eigenvalue weighted by Gasteiger charge is -2.17. The number of rotatable bonds is 5. The summed E-state index contributed by atoms with van der Waals surface area (Å²) in [6.45, 7) is 1.78. The molecule has 0 bridgehead atoms. The molecular weight excluding hydrogens is 290 g/mol. The zero-order valence-electron chi connectivity index (χ0n) is 11.3. The highest BCUT2D eigenvalue weighted by Gasteiger charge is 2.23. The monoisotopic (exact) mass is 305 g/mol. The second kappa shape index (κ2) is 6.85. The Morgan fingerprint density at radius 2 is 2.05 bits per heavy atom. The second-order valence-corrected chi connectivity index (χ2v) is 5.36. The average Bonchev–Trinajstić information content (AvgIpc) is 2.99. The van der Waals surface area contributed by atoms with E-state index in [2.05, 4.69) is 15.6 Å². The number of hydrogen-bond donors (Lipinski definition) is 3. The molecule has 2 rings (SSSR count). The van der Waals surface area contributed by atoms with Gasteiger partial charge in [0.15, 0.2) is 6.04 Å². The quantitative estimate of drug-likeness (QED) is 0.790. The Morgan fingerprint density at radius 3 is 2.62 bits per heavy atom. The highest BCUT2D eigenvalue weighted by Crippen LogP contribution is 2.19. The molecule has 2 aromatic heterocycles. The van der Waals surface area contributed by atoms with E-state index in [4.69, 9.17) is 0 Å². The summed E-state index contributed by atoms with van der Waals surface area (Å²) in [4.78, 5) is 27.9. The Balaban J connectivity index is 1.99. The first kappa shape index (κ1) is 15.0. The van der Waals surface area contributed by atoms with Gasteiger partial charge in [0.2, 0.25) is 0 Å². The second-order valence-electron chi connectivity index (χ2n) is 4.38. The van der Waals surface area contributed by atoms with Crippen LogP contribution in [0.4, 0.5) is 4.79 Å². The van der Waals surface area contributed by atoms with Gasteiger partial charge >= 0.3 is 12.0 Å². The Hall–Kier alpha value is -2.41. The van der Waals surface area contributed by atoms with E-state index in [0.717, 1.165) is 0 Å². The maximum atomic E-state index is 11.9. The van der Waals surface area contributed by atoms with E-state index in [1.807, 2.05) is 6.07 Å². The van der Waals surface area contributed by atoms with Crippen molar-refractivity contribution in [2.45, 2.75) is 19.0 Å². The van der Waals surface area contributed by atoms with Crippen LogP contribution in [0.3, 0.4) is 0 Å². The van der Waals surface area contributed by atoms with Gasteiger partial charge in [-0.15, -0.1) is 11.3 Å². The van der Waals surface area contributed by atoms with Gasteiger partial charge in [0.1, 0.15) is 0 Å². The Bertz CT molecular complexity index is 601. The molecule has 0 aliphatic rings. The normalized spacial score (nSPS) is 13.2. The van der Waals surface area contributed by atoms with Crippen molar-refractivity contribution >= 4 is 23.3 Å². The molecule has 0 aromatic carbocycles. The maximum Gasteiger partial charge on any atom is 0.331 e. The minimum Gasteiger partial charge on any atom is -0.479 e. The maximum absolute atomic E-state index is 11.9. The molecular formula is C14H15N3O3S. The van der Waals surface area contributed by atoms with Crippen LogP contribution in [0.5, 0.6) is 0 Å². The van der Waals surface area contributed by atoms with Gasteiger partial charge in [-0.25, -0.2) is 9.59 Å². The number of thiophene rings is 1. The van der Waals surface area contributed by atoms with Gasteiger partial charge in [0.05, 0.1) is 11.7 Å². The molecule has 6 nitrogen and oxygen atoms in total. The van der Waals surface area contributed by atoms with Gasteiger partial charge in [-0.2, -0.15) is 0 Å². The lowest BCUT2D eigenvalue weighted by molar-refractivity contribution is -0.139. The number of carbonyl (C=O) groups excluding carboxylic acids is 1. The highest BCUT2D eigenvalue weighted by atomic mass is 32.1. The van der Waals surface area contributed by atoms with Crippen LogP contribution in [0.25, 0.3) is 0 Å². The molecule has 0 saturated heterocycles. The molecule has 2 unspecified atom stereocenters. The molecule has 7 heteroatoms. The summed E-state index contributed by atoms with van der Waals surface area (Å²) in [6.07, 6.45) is 1.64. The molecule has 110 valence electrons. The van der Waals surface area contributed by atoms with Crippen LogP contribution < -0.4 is 10.6 Å². The van der Waals surface area contributed by atoms with E-state index in [1.54, 1.807) is 42.8 Å². The van der Waals surface area contributed by atoms with E-state index < -0.39 is 18.0 Å². The first-order valence-electron chi connectivity index (χ1n) is 6.32. The minimum atomic E-state index is -1.10. The van der Waals surface area contributed by atoms with E-state index in [9.17, 15) is 14.7 Å². The van der Waals surface area contributed by atoms with Gasteiger partial charge in [-0.1, -0.05) is 12.1 Å². The molecule has 2 amide bonds. The van der Waals surface area contributed by atoms with Crippen LogP contribution in [0.15, 0.2) is 41.9 Å². The van der Waals surface area contributed by atoms with Crippen LogP contribution >= 0.6 is 11.3 Å². The van der Waals surface area contributed by atoms with Crippen molar-refractivity contribution in [3.8, 4) is 0 Å². The number of carboxylic acid groups (broad SMARTS) is 1. The van der Waals surface area contributed by atoms with Gasteiger partial charge in [0.25, 0.3) is 0 Å². The third-order valence-electron chi connectivity index (χ3n) is 2.83. The zero-order chi connectivity index (χ0) is 15.2. The summed E-state index contributed by atoms with van der Waals surface area (Å²) >= 11 is 1.28. The van der Waals surface area contributed by atoms with Crippen LogP contribution in [-0.4, -0.2) is 22.1 Å². The lowest BCUT2D eigenvalue weighted by atomic mass is 10.2. The third-order valence-corrected chi connectivity index (χ3v) is 3.77. The lowest BCUT2D eigenvalue weighted by Crippen LogP contribution is -2.41. The van der Waals surface area contributed by atoms with E-state index in [-0.39, 0.29) is 6.04 Å². The van der Waals surface area contributed by atoms with Gasteiger partial charge < -0.3 is 15.7 Å². The molecule has 0 fully saturated rings. The topological polar surface area (TPSA) is 91.3 Å². The van der Waals surface area contributed by atoms with Crippen molar-refractivity contribution in [2.24, 2.45) is 0 Å². The van der Waals surface area contributed by atoms with Crippen LogP contribution in [0.1, 0.15) is 29.6 Å². The fourth-order valence-electron chi connectivity index (χ4n) is 1.79. The van der Waals surface area contributed by atoms with Crippen molar-refractivity contribution < 1.29 is 14.7 Å². The number of pyridine rings is 1. The van der Waals surface area contributed by atoms with Crippen molar-refractivity contribution in [3.05, 3.63) is 52.5 Å². The standard InChI is InChI=1S/C14H15N3O3S/c1-9(10-5-2-3-7-15-10)16-14(20)17-12(13(18)19)11-6-4-8-21-11/h2-9,12H,1H3,(H,18,19)(H2,16,17,20). The number of aromatic nitrogens is 1. The van der Waals surface area contributed by atoms with Crippen LogP contribution in [-0.2, 0) is 4.79 Å². The third kappa shape index (κ3) is 4.03. The van der Waals surface area contributed by atoms with Crippen molar-refractivity contribution in [1.82, 2.24) is 15.6 Å². The Labute approximate surface area is 125 Å². The van der Waals surface area contributed by atoms with Gasteiger partial charge in [-0.05, 0) is 30.5 Å². The molecule has 0 radical (unpaired) electrons. The zero-order valence-corrected chi connectivity index (χ0v) is 12.1. The summed E-state index contributed by atoms with van der Waals surface area (Å²) in [5, 5.41) is 16.1. The Kier molecular flexibility index (Phi) is 4.89. The summed E-state index contributed by atoms with van der Waals surface area (Å²) in [7, 11) is 0. The average molecular weight is 305 g/mol. The molecule has 2 atom stereocenters. The number of carboxylic acids is 1. The number of urea groups is 1. The fourth-order valence-corrected chi connectivity index (χ4v) is 2.55. The number of nitrogens with one attached hydrogen (secondary N) is 2. The SMILES string of the molecule is CC(NC(=O)NC(C(=O)O)c1cccs1)c1ccccn1. The molecule has 3 N–H and O–H groups in total. The number of hydrogen-bond acceptors (Lipinski definition) is 4. The Morgan fingerprint density at radius 1 is 1.24 bits per heavy atom. The van der Waals surface area contributed by atoms with Gasteiger partial charge in [0, 0.05) is 11.1 Å². The van der Waals surface area contributed by atoms with Crippen molar-refractivity contribution in [1.29, 1.82) is 0 Å². The first-order chi connectivity index (χ1) is 10.1. The number of aliphatic carboxylic acids is 1. The first-order valence-corrected chi connectivity index (χ1v) is 7.20. The van der Waals surface area contributed by atoms with Crippen molar-refractivity contribution in [3.63, 3.8) is 0 Å². The predicted octanol–water partition coefficient (Wildman–Crippen LogP) is 2.33. The molecule has 2 heterocycles. The molecule has 0 saturated carbocycles. The molecule has 0 spiro atoms. The molecule has 0 aliphatic carbocycles. The van der Waals surface area contributed by atoms with Crippen LogP contribution in [0.2, 0.25) is 0 Å². The molecule has 21 heavy (non-hydrogen) atoms. The predicted molar refractivity (Wildman–Crippen MR) is 79.0 cm³/mol. The van der Waals surface area contributed by atoms with Crippen molar-refractivity contribution in [2.75, 3.05) is 0 Å². The summed E-state index contributed by atoms with van der Waals surface area (Å²) in [5.74, 6) is -1.10. The molecule has 2 aromatic rings. The summed E-state index contributed by atoms with van der Waals surface area (Å²) < 4.78 is 0. The number of amides is 2. The summed E-state index contributed by atoms with van der Waals surface area (Å²) in [5.41, 5.74) is 0.704. The van der Waals surface area contributed by atoms with Crippen LogP contribution in [0, 0.1) is 0 Å². The number of nitrogens with zero attached hydrogens (tertiary/aromatic N) is 1. The smallest absolute Gasteiger partial charge is 0.331 e. The van der Waals surface area contributed by atoms with E-state index in [0.29, 0.717) is 10.6 Å². The van der Waals surface area contributed by atoms with E-state index in [1.165, 1.54) is 11.3 Å². The summed E-state index contributed by atoms with van der Waals surface area (Å²) in [6, 6.07) is 6.90. The fraction of sp³-hybridized carbons (Fsp3) is 0.214. The highest BCUT2D eigenvalue weighted by molar-refractivity contribution is 7.10. The van der Waals surface area contributed by atoms with E-state index >= 15 is 0 Å². The molecule has 0 aliphatic heterocycles.